The quantitative estimate of drug-likeness (QED) is 0.771. The van der Waals surface area contributed by atoms with E-state index in [0.717, 1.165) is 5.56 Å². The Labute approximate surface area is 149 Å². The van der Waals surface area contributed by atoms with E-state index in [-0.39, 0.29) is 6.42 Å². The third-order valence-electron chi connectivity index (χ3n) is 3.39. The molecule has 0 saturated heterocycles. The largest absolute Gasteiger partial charge is 0.544 e. The van der Waals surface area contributed by atoms with E-state index in [0.29, 0.717) is 22.3 Å². The number of hydrogen-bond donors (Lipinski definition) is 2. The van der Waals surface area contributed by atoms with E-state index < -0.39 is 17.9 Å². The summed E-state index contributed by atoms with van der Waals surface area (Å²) in [5.41, 5.74) is 1.30. The van der Waals surface area contributed by atoms with Gasteiger partial charge in [0, 0.05) is 10.6 Å². The molecule has 0 unspecified atom stereocenters. The Morgan fingerprint density at radius 3 is 2.50 bits per heavy atom. The van der Waals surface area contributed by atoms with Crippen molar-refractivity contribution < 1.29 is 20.0 Å². The van der Waals surface area contributed by atoms with Gasteiger partial charge in [-0.25, -0.2) is 0 Å². The molecular weight excluding hydrogens is 351 g/mol. The first kappa shape index (κ1) is 18.3. The maximum atomic E-state index is 12.1. The number of aliphatic carboxylic acids is 1. The summed E-state index contributed by atoms with van der Waals surface area (Å²) in [5, 5.41) is 16.1. The van der Waals surface area contributed by atoms with Crippen LogP contribution in [-0.2, 0) is 16.1 Å². The number of hydrogen-bond acceptors (Lipinski definition) is 3. The summed E-state index contributed by atoms with van der Waals surface area (Å²) in [6, 6.07) is 13.0. The molecule has 5 nitrogen and oxygen atoms in total. The smallest absolute Gasteiger partial charge is 0.230 e. The van der Waals surface area contributed by atoms with Gasteiger partial charge in [0.2, 0.25) is 5.91 Å². The fourth-order valence-electron chi connectivity index (χ4n) is 2.15. The van der Waals surface area contributed by atoms with Gasteiger partial charge in [-0.3, -0.25) is 4.79 Å². The standard InChI is InChI=1S/C17H16Cl2N2O3/c18-12-6-7-13(19)14(8-12)21-16(22)9-15(17(23)24)20-10-11-4-2-1-3-5-11/h1-8,15,20H,9-10H2,(H,21,22)(H,23,24)/t15-/m1/s1. The summed E-state index contributed by atoms with van der Waals surface area (Å²) in [4.78, 5) is 23.3. The third-order valence-corrected chi connectivity index (χ3v) is 3.96. The van der Waals surface area contributed by atoms with Crippen molar-refractivity contribution in [3.05, 3.63) is 64.1 Å². The molecule has 0 bridgehead atoms. The number of carbonyl (C=O) groups is 2. The van der Waals surface area contributed by atoms with Gasteiger partial charge in [-0.05, 0) is 18.2 Å². The Balaban J connectivity index is 1.95. The number of carbonyl (C=O) groups excluding carboxylic acids is 2. The van der Waals surface area contributed by atoms with E-state index in [1.807, 2.05) is 30.3 Å². The molecule has 0 spiro atoms. The Hall–Kier alpha value is -2.08. The van der Waals surface area contributed by atoms with Crippen LogP contribution in [0.5, 0.6) is 0 Å². The van der Waals surface area contributed by atoms with Crippen LogP contribution in [0.25, 0.3) is 0 Å². The van der Waals surface area contributed by atoms with Gasteiger partial charge in [-0.2, -0.15) is 0 Å². The molecule has 0 aliphatic carbocycles. The van der Waals surface area contributed by atoms with Crippen molar-refractivity contribution in [3.8, 4) is 0 Å². The lowest BCUT2D eigenvalue weighted by Crippen LogP contribution is -2.92. The van der Waals surface area contributed by atoms with Crippen molar-refractivity contribution >= 4 is 40.8 Å². The maximum absolute atomic E-state index is 12.1. The van der Waals surface area contributed by atoms with Crippen molar-refractivity contribution in [1.29, 1.82) is 0 Å². The number of halogens is 2. The first-order valence-corrected chi connectivity index (χ1v) is 8.04. The first-order chi connectivity index (χ1) is 11.5. The molecule has 3 N–H and O–H groups in total. The molecule has 1 amide bonds. The highest BCUT2D eigenvalue weighted by Crippen LogP contribution is 2.25. The van der Waals surface area contributed by atoms with Gasteiger partial charge >= 0.3 is 0 Å². The van der Waals surface area contributed by atoms with Crippen molar-refractivity contribution in [1.82, 2.24) is 0 Å². The van der Waals surface area contributed by atoms with E-state index in [2.05, 4.69) is 5.32 Å². The average molecular weight is 367 g/mol. The van der Waals surface area contributed by atoms with Crippen LogP contribution in [-0.4, -0.2) is 17.9 Å². The summed E-state index contributed by atoms with van der Waals surface area (Å²) in [6.07, 6.45) is -0.238. The van der Waals surface area contributed by atoms with Gasteiger partial charge in [0.1, 0.15) is 12.6 Å². The van der Waals surface area contributed by atoms with Crippen LogP contribution in [0, 0.1) is 0 Å². The van der Waals surface area contributed by atoms with Gasteiger partial charge in [-0.15, -0.1) is 0 Å². The van der Waals surface area contributed by atoms with Crippen LogP contribution in [0.3, 0.4) is 0 Å². The number of nitrogens with one attached hydrogen (secondary N) is 1. The second kappa shape index (κ2) is 8.68. The Kier molecular flexibility index (Phi) is 6.61. The zero-order valence-electron chi connectivity index (χ0n) is 12.7. The predicted molar refractivity (Wildman–Crippen MR) is 90.6 cm³/mol. The number of carboxylic acid groups (broad SMARTS) is 1. The van der Waals surface area contributed by atoms with E-state index in [1.165, 1.54) is 6.07 Å². The molecule has 0 radical (unpaired) electrons. The van der Waals surface area contributed by atoms with E-state index >= 15 is 0 Å². The topological polar surface area (TPSA) is 85.8 Å². The molecule has 0 fully saturated rings. The lowest BCUT2D eigenvalue weighted by Gasteiger charge is -2.16. The van der Waals surface area contributed by atoms with Crippen molar-refractivity contribution in [2.45, 2.75) is 19.0 Å². The number of carboxylic acids is 1. The van der Waals surface area contributed by atoms with Crippen LogP contribution < -0.4 is 15.7 Å². The molecule has 0 heterocycles. The zero-order chi connectivity index (χ0) is 17.5. The Bertz CT molecular complexity index is 723. The summed E-state index contributed by atoms with van der Waals surface area (Å²) < 4.78 is 0. The highest BCUT2D eigenvalue weighted by atomic mass is 35.5. The molecular formula is C17H16Cl2N2O3. The molecule has 126 valence electrons. The number of quaternary nitrogens is 1. The van der Waals surface area contributed by atoms with Gasteiger partial charge in [0.15, 0.2) is 0 Å². The molecule has 0 aliphatic heterocycles. The van der Waals surface area contributed by atoms with Crippen LogP contribution >= 0.6 is 23.2 Å². The molecule has 2 rings (SSSR count). The van der Waals surface area contributed by atoms with E-state index in [1.54, 1.807) is 17.4 Å². The average Bonchev–Trinajstić information content (AvgIpc) is 2.55. The summed E-state index contributed by atoms with van der Waals surface area (Å²) in [7, 11) is 0. The van der Waals surface area contributed by atoms with Gasteiger partial charge < -0.3 is 20.5 Å². The normalized spacial score (nSPS) is 11.8. The highest BCUT2D eigenvalue weighted by molar-refractivity contribution is 6.35. The third kappa shape index (κ3) is 5.53. The van der Waals surface area contributed by atoms with Crippen LogP contribution in [0.2, 0.25) is 10.0 Å². The number of anilines is 1. The minimum absolute atomic E-state index is 0.238. The van der Waals surface area contributed by atoms with Crippen LogP contribution in [0.4, 0.5) is 5.69 Å². The molecule has 0 saturated carbocycles. The Morgan fingerprint density at radius 1 is 1.12 bits per heavy atom. The fourth-order valence-corrected chi connectivity index (χ4v) is 2.49. The maximum Gasteiger partial charge on any atom is 0.230 e. The molecule has 7 heteroatoms. The van der Waals surface area contributed by atoms with Crippen molar-refractivity contribution in [2.75, 3.05) is 5.32 Å². The molecule has 24 heavy (non-hydrogen) atoms. The summed E-state index contributed by atoms with van der Waals surface area (Å²) >= 11 is 11.8. The summed E-state index contributed by atoms with van der Waals surface area (Å²) in [6.45, 7) is 0.435. The zero-order valence-corrected chi connectivity index (χ0v) is 14.2. The fraction of sp³-hybridized carbons (Fsp3) is 0.176. The highest BCUT2D eigenvalue weighted by Gasteiger charge is 2.19. The number of amides is 1. The van der Waals surface area contributed by atoms with Gasteiger partial charge in [0.05, 0.1) is 23.1 Å². The number of nitrogens with two attached hydrogens (primary N) is 1. The molecule has 0 aliphatic rings. The number of rotatable bonds is 7. The molecule has 2 aromatic rings. The van der Waals surface area contributed by atoms with E-state index in [4.69, 9.17) is 23.2 Å². The minimum Gasteiger partial charge on any atom is -0.544 e. The van der Waals surface area contributed by atoms with Gasteiger partial charge in [0.25, 0.3) is 0 Å². The minimum atomic E-state index is -1.29. The van der Waals surface area contributed by atoms with Crippen LogP contribution in [0.1, 0.15) is 12.0 Å². The molecule has 1 atom stereocenters. The molecule has 0 aromatic heterocycles. The van der Waals surface area contributed by atoms with E-state index in [9.17, 15) is 14.7 Å². The first-order valence-electron chi connectivity index (χ1n) is 7.28. The summed E-state index contributed by atoms with van der Waals surface area (Å²) in [5.74, 6) is -1.77. The lowest BCUT2D eigenvalue weighted by molar-refractivity contribution is -0.697. The van der Waals surface area contributed by atoms with Crippen LogP contribution in [0.15, 0.2) is 48.5 Å². The number of benzene rings is 2. The SMILES string of the molecule is O=C(C[C@@H]([NH2+]Cc1ccccc1)C(=O)[O-])Nc1cc(Cl)ccc1Cl. The van der Waals surface area contributed by atoms with Crippen molar-refractivity contribution in [3.63, 3.8) is 0 Å². The van der Waals surface area contributed by atoms with Crippen molar-refractivity contribution in [2.24, 2.45) is 0 Å². The monoisotopic (exact) mass is 366 g/mol. The van der Waals surface area contributed by atoms with Gasteiger partial charge in [-0.1, -0.05) is 53.5 Å². The molecule has 2 aromatic carbocycles. The Morgan fingerprint density at radius 2 is 1.83 bits per heavy atom. The second-order valence-electron chi connectivity index (χ2n) is 5.23. The predicted octanol–water partition coefficient (Wildman–Crippen LogP) is 1.20. The second-order valence-corrected chi connectivity index (χ2v) is 6.07. The lowest BCUT2D eigenvalue weighted by atomic mass is 10.1.